The highest BCUT2D eigenvalue weighted by atomic mass is 16.4. The highest BCUT2D eigenvalue weighted by Crippen LogP contribution is 1.98. The van der Waals surface area contributed by atoms with E-state index in [-0.39, 0.29) is 13.0 Å². The van der Waals surface area contributed by atoms with E-state index in [0.717, 1.165) is 6.42 Å². The second-order valence-electron chi connectivity index (χ2n) is 3.49. The van der Waals surface area contributed by atoms with Gasteiger partial charge in [-0.3, -0.25) is 0 Å². The van der Waals surface area contributed by atoms with E-state index in [1.807, 2.05) is 6.92 Å². The molecule has 0 aromatic carbocycles. The second-order valence-corrected chi connectivity index (χ2v) is 3.49. The van der Waals surface area contributed by atoms with Crippen LogP contribution in [0.3, 0.4) is 0 Å². The first-order valence-electron chi connectivity index (χ1n) is 5.39. The van der Waals surface area contributed by atoms with Gasteiger partial charge in [-0.1, -0.05) is 18.9 Å². The maximum atomic E-state index is 11.7. The van der Waals surface area contributed by atoms with Crippen molar-refractivity contribution in [2.75, 3.05) is 13.1 Å². The normalized spacial score (nSPS) is 11.1. The molecule has 0 aliphatic rings. The first-order chi connectivity index (χ1) is 8.06. The van der Waals surface area contributed by atoms with Gasteiger partial charge in [-0.15, -0.1) is 13.0 Å². The fourth-order valence-corrected chi connectivity index (χ4v) is 1.26. The van der Waals surface area contributed by atoms with Crippen LogP contribution in [-0.4, -0.2) is 41.1 Å². The number of nitrogens with one attached hydrogen (secondary N) is 1. The van der Waals surface area contributed by atoms with Crippen LogP contribution in [0.1, 0.15) is 19.8 Å². The summed E-state index contributed by atoms with van der Waals surface area (Å²) in [5.74, 6) is 1.28. The number of carbonyl (C=O) groups is 2. The molecule has 5 heteroatoms. The third kappa shape index (κ3) is 5.61. The predicted octanol–water partition coefficient (Wildman–Crippen LogP) is 1.07. The Hall–Kier alpha value is -1.96. The van der Waals surface area contributed by atoms with Crippen LogP contribution in [0.5, 0.6) is 0 Å². The highest BCUT2D eigenvalue weighted by Gasteiger charge is 2.21. The minimum atomic E-state index is -1.09. The Bertz CT molecular complexity index is 320. The average Bonchev–Trinajstić information content (AvgIpc) is 2.28. The number of terminal acetylenes is 1. The van der Waals surface area contributed by atoms with Crippen molar-refractivity contribution in [1.29, 1.82) is 0 Å². The van der Waals surface area contributed by atoms with E-state index in [9.17, 15) is 9.59 Å². The fraction of sp³-hybridized carbons (Fsp3) is 0.500. The van der Waals surface area contributed by atoms with Crippen molar-refractivity contribution in [2.45, 2.75) is 25.8 Å². The van der Waals surface area contributed by atoms with Crippen molar-refractivity contribution in [3.05, 3.63) is 12.7 Å². The fourth-order valence-electron chi connectivity index (χ4n) is 1.26. The van der Waals surface area contributed by atoms with Gasteiger partial charge in [0.05, 0.1) is 6.54 Å². The summed E-state index contributed by atoms with van der Waals surface area (Å²) in [5, 5.41) is 11.3. The molecule has 1 atom stereocenters. The van der Waals surface area contributed by atoms with Gasteiger partial charge in [0.1, 0.15) is 6.04 Å². The number of nitrogens with zero attached hydrogens (tertiary/aromatic N) is 1. The second kappa shape index (κ2) is 8.22. The van der Waals surface area contributed by atoms with Gasteiger partial charge in [0.15, 0.2) is 0 Å². The van der Waals surface area contributed by atoms with Crippen molar-refractivity contribution in [3.8, 4) is 12.3 Å². The maximum absolute atomic E-state index is 11.7. The number of hydrogen-bond donors (Lipinski definition) is 2. The molecule has 17 heavy (non-hydrogen) atoms. The van der Waals surface area contributed by atoms with E-state index in [1.165, 1.54) is 11.0 Å². The van der Waals surface area contributed by atoms with Crippen molar-refractivity contribution in [1.82, 2.24) is 10.2 Å². The van der Waals surface area contributed by atoms with Gasteiger partial charge in [0.25, 0.3) is 0 Å². The Morgan fingerprint density at radius 2 is 2.29 bits per heavy atom. The first kappa shape index (κ1) is 15.0. The number of carbonyl (C=O) groups excluding carboxylic acids is 1. The van der Waals surface area contributed by atoms with Crippen LogP contribution in [0.2, 0.25) is 0 Å². The Kier molecular flexibility index (Phi) is 7.27. The van der Waals surface area contributed by atoms with Crippen LogP contribution in [0.25, 0.3) is 0 Å². The third-order valence-electron chi connectivity index (χ3n) is 2.06. The van der Waals surface area contributed by atoms with E-state index in [1.54, 1.807) is 0 Å². The van der Waals surface area contributed by atoms with Crippen LogP contribution >= 0.6 is 0 Å². The zero-order valence-electron chi connectivity index (χ0n) is 9.98. The Labute approximate surface area is 101 Å². The number of rotatable bonds is 7. The lowest BCUT2D eigenvalue weighted by molar-refractivity contribution is -0.139. The molecule has 94 valence electrons. The molecular formula is C12H18N2O3. The molecular weight excluding hydrogens is 220 g/mol. The van der Waals surface area contributed by atoms with E-state index < -0.39 is 18.0 Å². The molecule has 0 aliphatic carbocycles. The smallest absolute Gasteiger partial charge is 0.326 e. The van der Waals surface area contributed by atoms with E-state index in [0.29, 0.717) is 6.54 Å². The van der Waals surface area contributed by atoms with E-state index >= 15 is 0 Å². The molecule has 0 radical (unpaired) electrons. The molecule has 0 heterocycles. The van der Waals surface area contributed by atoms with Crippen LogP contribution in [0.4, 0.5) is 4.79 Å². The average molecular weight is 238 g/mol. The van der Waals surface area contributed by atoms with Gasteiger partial charge in [-0.25, -0.2) is 9.59 Å². The summed E-state index contributed by atoms with van der Waals surface area (Å²) in [5.41, 5.74) is 0. The topological polar surface area (TPSA) is 69.6 Å². The molecule has 0 aliphatic heterocycles. The molecule has 5 nitrogen and oxygen atoms in total. The molecule has 2 amide bonds. The van der Waals surface area contributed by atoms with Crippen molar-refractivity contribution < 1.29 is 14.7 Å². The SMILES string of the molecule is C#CCN(CCC)C(=O)NC(CC=C)C(=O)O. The van der Waals surface area contributed by atoms with E-state index in [4.69, 9.17) is 11.5 Å². The molecule has 0 rings (SSSR count). The lowest BCUT2D eigenvalue weighted by atomic mass is 10.2. The Morgan fingerprint density at radius 3 is 2.71 bits per heavy atom. The van der Waals surface area contributed by atoms with Crippen LogP contribution in [0, 0.1) is 12.3 Å². The Morgan fingerprint density at radius 1 is 1.65 bits per heavy atom. The number of hydrogen-bond acceptors (Lipinski definition) is 2. The number of amides is 2. The lowest BCUT2D eigenvalue weighted by Crippen LogP contribution is -2.48. The summed E-state index contributed by atoms with van der Waals surface area (Å²) in [6.45, 7) is 6.02. The van der Waals surface area contributed by atoms with Crippen LogP contribution in [-0.2, 0) is 4.79 Å². The quantitative estimate of drug-likeness (QED) is 0.515. The van der Waals surface area contributed by atoms with Crippen molar-refractivity contribution in [3.63, 3.8) is 0 Å². The molecule has 0 fully saturated rings. The van der Waals surface area contributed by atoms with Crippen molar-refractivity contribution in [2.24, 2.45) is 0 Å². The minimum absolute atomic E-state index is 0.167. The maximum Gasteiger partial charge on any atom is 0.326 e. The largest absolute Gasteiger partial charge is 0.480 e. The monoisotopic (exact) mass is 238 g/mol. The summed E-state index contributed by atoms with van der Waals surface area (Å²) in [6.07, 6.45) is 7.53. The molecule has 0 saturated heterocycles. The van der Waals surface area contributed by atoms with Gasteiger partial charge in [-0.2, -0.15) is 0 Å². The zero-order chi connectivity index (χ0) is 13.3. The van der Waals surface area contributed by atoms with Crippen LogP contribution in [0.15, 0.2) is 12.7 Å². The number of carboxylic acids is 1. The zero-order valence-corrected chi connectivity index (χ0v) is 9.98. The first-order valence-corrected chi connectivity index (χ1v) is 5.39. The molecule has 0 aromatic heterocycles. The van der Waals surface area contributed by atoms with E-state index in [2.05, 4.69) is 17.8 Å². The molecule has 0 spiro atoms. The number of carboxylic acid groups (broad SMARTS) is 1. The standard InChI is InChI=1S/C12H18N2O3/c1-4-7-10(11(15)16)13-12(17)14(8-5-2)9-6-3/h2,4,10H,1,6-9H2,3H3,(H,13,17)(H,15,16). The predicted molar refractivity (Wildman–Crippen MR) is 65.5 cm³/mol. The van der Waals surface area contributed by atoms with Gasteiger partial charge < -0.3 is 15.3 Å². The minimum Gasteiger partial charge on any atom is -0.480 e. The summed E-state index contributed by atoms with van der Waals surface area (Å²) in [6, 6.07) is -1.42. The molecule has 0 aromatic rings. The highest BCUT2D eigenvalue weighted by molar-refractivity contribution is 5.82. The lowest BCUT2D eigenvalue weighted by Gasteiger charge is -2.22. The molecule has 0 bridgehead atoms. The van der Waals surface area contributed by atoms with Gasteiger partial charge in [-0.05, 0) is 12.8 Å². The molecule has 0 saturated carbocycles. The van der Waals surface area contributed by atoms with Crippen molar-refractivity contribution >= 4 is 12.0 Å². The number of urea groups is 1. The van der Waals surface area contributed by atoms with Gasteiger partial charge in [0, 0.05) is 6.54 Å². The van der Waals surface area contributed by atoms with Gasteiger partial charge in [0.2, 0.25) is 0 Å². The third-order valence-corrected chi connectivity index (χ3v) is 2.06. The number of aliphatic carboxylic acids is 1. The summed E-state index contributed by atoms with van der Waals surface area (Å²) >= 11 is 0. The molecule has 1 unspecified atom stereocenters. The summed E-state index contributed by atoms with van der Waals surface area (Å²) in [7, 11) is 0. The summed E-state index contributed by atoms with van der Waals surface area (Å²) < 4.78 is 0. The van der Waals surface area contributed by atoms with Gasteiger partial charge >= 0.3 is 12.0 Å². The van der Waals surface area contributed by atoms with Crippen LogP contribution < -0.4 is 5.32 Å². The molecule has 2 N–H and O–H groups in total. The summed E-state index contributed by atoms with van der Waals surface area (Å²) in [4.78, 5) is 24.0. The Balaban J connectivity index is 4.50.